The molecule has 0 atom stereocenters. The second kappa shape index (κ2) is 5.74. The van der Waals surface area contributed by atoms with Crippen LogP contribution in [0.5, 0.6) is 5.75 Å². The van der Waals surface area contributed by atoms with E-state index >= 15 is 0 Å². The van der Waals surface area contributed by atoms with Crippen molar-refractivity contribution in [1.82, 2.24) is 4.90 Å². The Kier molecular flexibility index (Phi) is 4.08. The smallest absolute Gasteiger partial charge is 0.237 e. The van der Waals surface area contributed by atoms with Crippen LogP contribution in [0.3, 0.4) is 0 Å². The van der Waals surface area contributed by atoms with Crippen molar-refractivity contribution in [2.75, 3.05) is 19.0 Å². The number of ether oxygens (including phenoxy) is 1. The number of amides is 1. The number of ketones is 1. The van der Waals surface area contributed by atoms with E-state index in [-0.39, 0.29) is 17.6 Å². The van der Waals surface area contributed by atoms with E-state index in [1.54, 1.807) is 11.0 Å². The lowest BCUT2D eigenvalue weighted by Gasteiger charge is -2.44. The molecule has 118 valence electrons. The third kappa shape index (κ3) is 2.70. The molecule has 0 saturated carbocycles. The monoisotopic (exact) mass is 341 g/mol. The van der Waals surface area contributed by atoms with Crippen LogP contribution in [0.25, 0.3) is 0 Å². The molecule has 4 nitrogen and oxygen atoms in total. The Bertz CT molecular complexity index is 637. The Morgan fingerprint density at radius 3 is 2.68 bits per heavy atom. The summed E-state index contributed by atoms with van der Waals surface area (Å²) in [5, 5.41) is 0.578. The number of Topliss-reactive ketones (excluding diaryl/α,β-unsaturated/α-hetero) is 1. The second-order valence-electron chi connectivity index (χ2n) is 6.00. The van der Waals surface area contributed by atoms with Crippen LogP contribution in [0.15, 0.2) is 12.1 Å². The molecule has 0 bridgehead atoms. The molecule has 3 rings (SSSR count). The van der Waals surface area contributed by atoms with Gasteiger partial charge in [-0.15, -0.1) is 11.6 Å². The topological polar surface area (TPSA) is 46.6 Å². The number of nitrogens with zero attached hydrogens (tertiary/aromatic N) is 1. The maximum Gasteiger partial charge on any atom is 0.237 e. The number of benzene rings is 1. The minimum absolute atomic E-state index is 0.00663. The van der Waals surface area contributed by atoms with Gasteiger partial charge >= 0.3 is 0 Å². The quantitative estimate of drug-likeness (QED) is 0.737. The van der Waals surface area contributed by atoms with Crippen molar-refractivity contribution in [2.24, 2.45) is 0 Å². The minimum Gasteiger partial charge on any atom is -0.486 e. The molecule has 1 amide bonds. The summed E-state index contributed by atoms with van der Waals surface area (Å²) in [6, 6.07) is 3.51. The lowest BCUT2D eigenvalue weighted by atomic mass is 9.82. The number of fused-ring (bicyclic) bond motifs is 1. The molecule has 2 heterocycles. The average Bonchev–Trinajstić information content (AvgIpc) is 2.49. The number of hydrogen-bond donors (Lipinski definition) is 0. The maximum absolute atomic E-state index is 12.5. The van der Waals surface area contributed by atoms with Gasteiger partial charge in [-0.05, 0) is 24.6 Å². The van der Waals surface area contributed by atoms with Crippen molar-refractivity contribution in [3.63, 3.8) is 0 Å². The van der Waals surface area contributed by atoms with Crippen molar-refractivity contribution in [3.05, 3.63) is 28.3 Å². The summed E-state index contributed by atoms with van der Waals surface area (Å²) in [4.78, 5) is 25.8. The van der Waals surface area contributed by atoms with Gasteiger partial charge in [0.15, 0.2) is 5.78 Å². The van der Waals surface area contributed by atoms with Gasteiger partial charge in [0.25, 0.3) is 0 Å². The Hall–Kier alpha value is -1.26. The lowest BCUT2D eigenvalue weighted by molar-refractivity contribution is -0.132. The third-order valence-electron chi connectivity index (χ3n) is 4.51. The van der Waals surface area contributed by atoms with Crippen molar-refractivity contribution >= 4 is 34.9 Å². The van der Waals surface area contributed by atoms with Gasteiger partial charge in [0.05, 0.1) is 12.0 Å². The summed E-state index contributed by atoms with van der Waals surface area (Å²) < 4.78 is 6.18. The van der Waals surface area contributed by atoms with Crippen LogP contribution in [0, 0.1) is 6.92 Å². The number of hydrogen-bond acceptors (Lipinski definition) is 3. The summed E-state index contributed by atoms with van der Waals surface area (Å²) in [6.45, 7) is 3.03. The largest absolute Gasteiger partial charge is 0.486 e. The van der Waals surface area contributed by atoms with Crippen molar-refractivity contribution in [1.29, 1.82) is 0 Å². The molecular weight excluding hydrogens is 325 g/mol. The molecule has 1 aromatic rings. The van der Waals surface area contributed by atoms with Crippen LogP contribution in [-0.4, -0.2) is 41.2 Å². The Morgan fingerprint density at radius 1 is 1.36 bits per heavy atom. The van der Waals surface area contributed by atoms with E-state index in [2.05, 4.69) is 0 Å². The van der Waals surface area contributed by atoms with Crippen molar-refractivity contribution in [3.8, 4) is 5.75 Å². The zero-order valence-corrected chi connectivity index (χ0v) is 13.8. The molecule has 2 aliphatic heterocycles. The maximum atomic E-state index is 12.5. The first-order valence-electron chi connectivity index (χ1n) is 7.30. The van der Waals surface area contributed by atoms with Gasteiger partial charge in [-0.1, -0.05) is 11.6 Å². The molecule has 2 aliphatic rings. The predicted octanol–water partition coefficient (Wildman–Crippen LogP) is 3.21. The lowest BCUT2D eigenvalue weighted by Crippen LogP contribution is -2.52. The van der Waals surface area contributed by atoms with E-state index in [1.165, 1.54) is 0 Å². The second-order valence-corrected chi connectivity index (χ2v) is 6.67. The number of halogens is 2. The molecule has 0 radical (unpaired) electrons. The minimum atomic E-state index is -0.507. The van der Waals surface area contributed by atoms with Gasteiger partial charge in [0, 0.05) is 31.0 Å². The summed E-state index contributed by atoms with van der Waals surface area (Å²) >= 11 is 11.7. The van der Waals surface area contributed by atoms with Gasteiger partial charge in [-0.2, -0.15) is 0 Å². The SMILES string of the molecule is Cc1cc2c(cc1Cl)C(=O)CC1(CCN(C(=O)CCl)CC1)O2. The first kappa shape index (κ1) is 15.6. The van der Waals surface area contributed by atoms with Gasteiger partial charge in [0.2, 0.25) is 5.91 Å². The van der Waals surface area contributed by atoms with E-state index in [1.807, 2.05) is 13.0 Å². The highest BCUT2D eigenvalue weighted by molar-refractivity contribution is 6.31. The summed E-state index contributed by atoms with van der Waals surface area (Å²) in [6.07, 6.45) is 1.62. The van der Waals surface area contributed by atoms with E-state index in [0.29, 0.717) is 48.7 Å². The van der Waals surface area contributed by atoms with E-state index < -0.39 is 5.60 Å². The van der Waals surface area contributed by atoms with Gasteiger partial charge in [0.1, 0.15) is 17.2 Å². The summed E-state index contributed by atoms with van der Waals surface area (Å²) in [5.74, 6) is 0.588. The zero-order chi connectivity index (χ0) is 15.9. The highest BCUT2D eigenvalue weighted by Crippen LogP contribution is 2.41. The molecule has 0 aliphatic carbocycles. The Labute approximate surface area is 139 Å². The van der Waals surface area contributed by atoms with Crippen LogP contribution < -0.4 is 4.74 Å². The molecule has 1 fully saturated rings. The van der Waals surface area contributed by atoms with E-state index in [0.717, 1.165) is 5.56 Å². The van der Waals surface area contributed by atoms with Crippen molar-refractivity contribution in [2.45, 2.75) is 31.8 Å². The predicted molar refractivity (Wildman–Crippen MR) is 85.0 cm³/mol. The molecular formula is C16H17Cl2NO3. The van der Waals surface area contributed by atoms with Gasteiger partial charge < -0.3 is 9.64 Å². The Balaban J connectivity index is 1.82. The number of piperidine rings is 1. The van der Waals surface area contributed by atoms with Crippen LogP contribution in [-0.2, 0) is 4.79 Å². The fraction of sp³-hybridized carbons (Fsp3) is 0.500. The molecule has 22 heavy (non-hydrogen) atoms. The number of rotatable bonds is 1. The molecule has 1 saturated heterocycles. The number of aryl methyl sites for hydroxylation is 1. The Morgan fingerprint density at radius 2 is 2.05 bits per heavy atom. The van der Waals surface area contributed by atoms with Gasteiger partial charge in [-0.3, -0.25) is 9.59 Å². The molecule has 0 N–H and O–H groups in total. The highest BCUT2D eigenvalue weighted by Gasteiger charge is 2.43. The van der Waals surface area contributed by atoms with Gasteiger partial charge in [-0.25, -0.2) is 0 Å². The fourth-order valence-corrected chi connectivity index (χ4v) is 3.47. The number of likely N-dealkylation sites (tertiary alicyclic amines) is 1. The molecule has 1 spiro atoms. The number of carbonyl (C=O) groups excluding carboxylic acids is 2. The van der Waals surface area contributed by atoms with E-state index in [4.69, 9.17) is 27.9 Å². The fourth-order valence-electron chi connectivity index (χ4n) is 3.14. The normalized spacial score (nSPS) is 19.8. The molecule has 1 aromatic carbocycles. The zero-order valence-electron chi connectivity index (χ0n) is 12.3. The van der Waals surface area contributed by atoms with E-state index in [9.17, 15) is 9.59 Å². The molecule has 0 unspecified atom stereocenters. The molecule has 0 aromatic heterocycles. The van der Waals surface area contributed by atoms with Crippen molar-refractivity contribution < 1.29 is 14.3 Å². The highest BCUT2D eigenvalue weighted by atomic mass is 35.5. The number of carbonyl (C=O) groups is 2. The first-order chi connectivity index (χ1) is 10.4. The first-order valence-corrected chi connectivity index (χ1v) is 8.21. The van der Waals surface area contributed by atoms with Crippen LogP contribution in [0.2, 0.25) is 5.02 Å². The van der Waals surface area contributed by atoms with Crippen LogP contribution in [0.4, 0.5) is 0 Å². The molecule has 6 heteroatoms. The third-order valence-corrected chi connectivity index (χ3v) is 5.15. The van der Waals surface area contributed by atoms with Crippen LogP contribution >= 0.6 is 23.2 Å². The number of alkyl halides is 1. The standard InChI is InChI=1S/C16H17Cl2NO3/c1-10-6-14-11(7-12(10)18)13(20)8-16(22-14)2-4-19(5-3-16)15(21)9-17/h6-7H,2-5,8-9H2,1H3. The van der Waals surface area contributed by atoms with Crippen LogP contribution in [0.1, 0.15) is 35.2 Å². The summed E-state index contributed by atoms with van der Waals surface area (Å²) in [5.41, 5.74) is 0.938. The summed E-state index contributed by atoms with van der Waals surface area (Å²) in [7, 11) is 0. The average molecular weight is 342 g/mol.